The normalized spacial score (nSPS) is 19.4. The van der Waals surface area contributed by atoms with Gasteiger partial charge in [-0.3, -0.25) is 0 Å². The fraction of sp³-hybridized carbons (Fsp3) is 0.364. The van der Waals surface area contributed by atoms with E-state index in [1.165, 1.54) is 6.07 Å². The van der Waals surface area contributed by atoms with Crippen LogP contribution in [0.2, 0.25) is 5.02 Å². The van der Waals surface area contributed by atoms with Gasteiger partial charge in [0.25, 0.3) is 6.02 Å². The van der Waals surface area contributed by atoms with Crippen molar-refractivity contribution in [3.8, 4) is 0 Å². The number of aliphatic imine (C=N–C) groups is 1. The van der Waals surface area contributed by atoms with E-state index in [4.69, 9.17) is 22.1 Å². The minimum atomic E-state index is -0.275. The third-order valence-electron chi connectivity index (χ3n) is 2.50. The van der Waals surface area contributed by atoms with Crippen LogP contribution in [0.15, 0.2) is 23.2 Å². The first kappa shape index (κ1) is 11.2. The van der Waals surface area contributed by atoms with Crippen LogP contribution in [-0.2, 0) is 11.2 Å². The molecule has 0 fully saturated rings. The zero-order valence-electron chi connectivity index (χ0n) is 8.62. The van der Waals surface area contributed by atoms with Crippen molar-refractivity contribution in [3.63, 3.8) is 0 Å². The van der Waals surface area contributed by atoms with Crippen molar-refractivity contribution < 1.29 is 9.13 Å². The van der Waals surface area contributed by atoms with Crippen LogP contribution in [0.4, 0.5) is 4.39 Å². The first-order valence-electron chi connectivity index (χ1n) is 5.05. The van der Waals surface area contributed by atoms with Crippen molar-refractivity contribution in [3.05, 3.63) is 34.6 Å². The number of benzene rings is 1. The summed E-state index contributed by atoms with van der Waals surface area (Å²) in [5, 5.41) is 0.410. The minimum Gasteiger partial charge on any atom is -0.463 e. The molecule has 0 bridgehead atoms. The van der Waals surface area contributed by atoms with E-state index < -0.39 is 0 Å². The summed E-state index contributed by atoms with van der Waals surface area (Å²) in [5.41, 5.74) is 6.02. The molecule has 2 N–H and O–H groups in total. The standard InChI is InChI=1S/C11H12ClFN2O/c12-8-3-1-7(10(13)5-8)2-4-9-6-16-11(14)15-9/h1,3,5,9H,2,4,6H2,(H2,14,15)/t9-/m0/s1. The van der Waals surface area contributed by atoms with Gasteiger partial charge in [-0.15, -0.1) is 0 Å². The van der Waals surface area contributed by atoms with Crippen molar-refractivity contribution >= 4 is 17.6 Å². The third kappa shape index (κ3) is 2.64. The molecule has 0 radical (unpaired) electrons. The van der Waals surface area contributed by atoms with E-state index in [1.807, 2.05) is 0 Å². The lowest BCUT2D eigenvalue weighted by Crippen LogP contribution is -2.10. The third-order valence-corrected chi connectivity index (χ3v) is 2.73. The SMILES string of the molecule is NC1=N[C@@H](CCc2ccc(Cl)cc2F)CO1. The molecule has 0 aliphatic carbocycles. The number of hydrogen-bond acceptors (Lipinski definition) is 3. The average molecular weight is 243 g/mol. The Hall–Kier alpha value is -1.29. The Balaban J connectivity index is 1.95. The van der Waals surface area contributed by atoms with Gasteiger partial charge in [0, 0.05) is 5.02 Å². The maximum absolute atomic E-state index is 13.4. The molecule has 1 heterocycles. The molecule has 1 aliphatic heterocycles. The van der Waals surface area contributed by atoms with Crippen molar-refractivity contribution in [2.24, 2.45) is 10.7 Å². The highest BCUT2D eigenvalue weighted by Crippen LogP contribution is 2.18. The first-order valence-corrected chi connectivity index (χ1v) is 5.43. The molecule has 0 saturated carbocycles. The Kier molecular flexibility index (Phi) is 3.29. The van der Waals surface area contributed by atoms with Gasteiger partial charge in [-0.1, -0.05) is 17.7 Å². The minimum absolute atomic E-state index is 0.0371. The van der Waals surface area contributed by atoms with E-state index in [9.17, 15) is 4.39 Å². The van der Waals surface area contributed by atoms with Crippen LogP contribution in [0.5, 0.6) is 0 Å². The molecule has 16 heavy (non-hydrogen) atoms. The summed E-state index contributed by atoms with van der Waals surface area (Å²) in [4.78, 5) is 4.07. The molecule has 0 spiro atoms. The van der Waals surface area contributed by atoms with Gasteiger partial charge in [-0.2, -0.15) is 0 Å². The maximum atomic E-state index is 13.4. The lowest BCUT2D eigenvalue weighted by Gasteiger charge is -2.06. The number of rotatable bonds is 3. The summed E-state index contributed by atoms with van der Waals surface area (Å²) < 4.78 is 18.4. The highest BCUT2D eigenvalue weighted by atomic mass is 35.5. The van der Waals surface area contributed by atoms with Crippen LogP contribution in [0.3, 0.4) is 0 Å². The summed E-state index contributed by atoms with van der Waals surface area (Å²) in [7, 11) is 0. The molecule has 1 aromatic carbocycles. The fourth-order valence-corrected chi connectivity index (χ4v) is 1.79. The lowest BCUT2D eigenvalue weighted by molar-refractivity contribution is 0.307. The van der Waals surface area contributed by atoms with E-state index in [2.05, 4.69) is 4.99 Å². The molecule has 2 rings (SSSR count). The van der Waals surface area contributed by atoms with Crippen LogP contribution in [-0.4, -0.2) is 18.7 Å². The van der Waals surface area contributed by atoms with E-state index >= 15 is 0 Å². The van der Waals surface area contributed by atoms with Crippen molar-refractivity contribution in [1.82, 2.24) is 0 Å². The van der Waals surface area contributed by atoms with Crippen LogP contribution in [0.25, 0.3) is 0 Å². The van der Waals surface area contributed by atoms with E-state index in [0.717, 1.165) is 6.42 Å². The van der Waals surface area contributed by atoms with E-state index in [1.54, 1.807) is 12.1 Å². The largest absolute Gasteiger partial charge is 0.463 e. The predicted octanol–water partition coefficient (Wildman–Crippen LogP) is 2.13. The van der Waals surface area contributed by atoms with Gasteiger partial charge in [-0.05, 0) is 30.5 Å². The maximum Gasteiger partial charge on any atom is 0.282 e. The van der Waals surface area contributed by atoms with Crippen LogP contribution < -0.4 is 5.73 Å². The topological polar surface area (TPSA) is 47.6 Å². The van der Waals surface area contributed by atoms with E-state index in [-0.39, 0.29) is 17.9 Å². The van der Waals surface area contributed by atoms with E-state index in [0.29, 0.717) is 23.6 Å². The molecule has 1 atom stereocenters. The Labute approximate surface area is 98.1 Å². The summed E-state index contributed by atoms with van der Waals surface area (Å²) in [5.74, 6) is -0.275. The summed E-state index contributed by atoms with van der Waals surface area (Å²) in [6.45, 7) is 0.487. The highest BCUT2D eigenvalue weighted by molar-refractivity contribution is 6.30. The predicted molar refractivity (Wildman–Crippen MR) is 61.1 cm³/mol. The van der Waals surface area contributed by atoms with Gasteiger partial charge < -0.3 is 10.5 Å². The number of amidine groups is 1. The van der Waals surface area contributed by atoms with Crippen molar-refractivity contribution in [1.29, 1.82) is 0 Å². The number of aryl methyl sites for hydroxylation is 1. The number of nitrogens with two attached hydrogens (primary N) is 1. The Morgan fingerprint density at radius 2 is 2.38 bits per heavy atom. The monoisotopic (exact) mass is 242 g/mol. The smallest absolute Gasteiger partial charge is 0.282 e. The van der Waals surface area contributed by atoms with Gasteiger partial charge in [0.1, 0.15) is 12.4 Å². The number of ether oxygens (including phenoxy) is 1. The second-order valence-corrected chi connectivity index (χ2v) is 4.14. The van der Waals surface area contributed by atoms with Gasteiger partial charge in [-0.25, -0.2) is 9.38 Å². The molecule has 0 aromatic heterocycles. The van der Waals surface area contributed by atoms with Crippen LogP contribution in [0.1, 0.15) is 12.0 Å². The first-order chi connectivity index (χ1) is 7.65. The summed E-state index contributed by atoms with van der Waals surface area (Å²) >= 11 is 5.66. The second kappa shape index (κ2) is 4.70. The molecule has 5 heteroatoms. The lowest BCUT2D eigenvalue weighted by atomic mass is 10.1. The van der Waals surface area contributed by atoms with Gasteiger partial charge in [0.15, 0.2) is 0 Å². The molecule has 0 unspecified atom stereocenters. The number of nitrogens with zero attached hydrogens (tertiary/aromatic N) is 1. The molecule has 86 valence electrons. The quantitative estimate of drug-likeness (QED) is 0.883. The molecule has 1 aromatic rings. The summed E-state index contributed by atoms with van der Waals surface area (Å²) in [6.07, 6.45) is 1.33. The zero-order valence-corrected chi connectivity index (χ0v) is 9.38. The molecule has 0 saturated heterocycles. The molecular weight excluding hydrogens is 231 g/mol. The molecule has 3 nitrogen and oxygen atoms in total. The van der Waals surface area contributed by atoms with Crippen LogP contribution in [0, 0.1) is 5.82 Å². The Bertz CT molecular complexity index is 422. The molecule has 0 amide bonds. The Morgan fingerprint density at radius 3 is 3.00 bits per heavy atom. The van der Waals surface area contributed by atoms with Crippen molar-refractivity contribution in [2.75, 3.05) is 6.61 Å². The van der Waals surface area contributed by atoms with Gasteiger partial charge in [0.2, 0.25) is 0 Å². The Morgan fingerprint density at radius 1 is 1.56 bits per heavy atom. The molecule has 1 aliphatic rings. The van der Waals surface area contributed by atoms with Gasteiger partial charge >= 0.3 is 0 Å². The average Bonchev–Trinajstić information content (AvgIpc) is 2.63. The van der Waals surface area contributed by atoms with Crippen molar-refractivity contribution in [2.45, 2.75) is 18.9 Å². The highest BCUT2D eigenvalue weighted by Gasteiger charge is 2.16. The number of halogens is 2. The summed E-state index contributed by atoms with van der Waals surface area (Å²) in [6, 6.07) is 4.96. The zero-order chi connectivity index (χ0) is 11.5. The fourth-order valence-electron chi connectivity index (χ4n) is 1.63. The second-order valence-electron chi connectivity index (χ2n) is 3.71. The van der Waals surface area contributed by atoms with Crippen LogP contribution >= 0.6 is 11.6 Å². The number of hydrogen-bond donors (Lipinski definition) is 1. The molecular formula is C11H12ClFN2O. The van der Waals surface area contributed by atoms with Gasteiger partial charge in [0.05, 0.1) is 6.04 Å².